The first-order chi connectivity index (χ1) is 13.0. The molecule has 1 unspecified atom stereocenters. The molecular weight excluding hydrogens is 370 g/mol. The second kappa shape index (κ2) is 10.6. The molecule has 1 amide bonds. The predicted molar refractivity (Wildman–Crippen MR) is 104 cm³/mol. The normalized spacial score (nSPS) is 11.6. The van der Waals surface area contributed by atoms with E-state index in [4.69, 9.17) is 30.5 Å². The Bertz CT molecular complexity index is 753. The topological polar surface area (TPSA) is 66.0 Å². The number of benzene rings is 2. The summed E-state index contributed by atoms with van der Waals surface area (Å²) in [4.78, 5) is 12.1. The monoisotopic (exact) mass is 393 g/mol. The molecule has 0 saturated heterocycles. The second-order valence-electron chi connectivity index (χ2n) is 5.79. The van der Waals surface area contributed by atoms with E-state index < -0.39 is 0 Å². The number of carbonyl (C=O) groups is 1. The van der Waals surface area contributed by atoms with Crippen LogP contribution in [0.3, 0.4) is 0 Å². The fourth-order valence-corrected chi connectivity index (χ4v) is 2.56. The van der Waals surface area contributed by atoms with Gasteiger partial charge in [0, 0.05) is 12.1 Å². The van der Waals surface area contributed by atoms with Crippen LogP contribution >= 0.6 is 11.6 Å². The molecule has 0 aliphatic heterocycles. The number of rotatable bonds is 10. The largest absolute Gasteiger partial charge is 0.493 e. The molecule has 0 bridgehead atoms. The van der Waals surface area contributed by atoms with E-state index in [1.54, 1.807) is 38.5 Å². The number of hydrogen-bond donors (Lipinski definition) is 1. The molecule has 1 N–H and O–H groups in total. The van der Waals surface area contributed by atoms with Gasteiger partial charge in [0.25, 0.3) is 5.91 Å². The molecule has 0 spiro atoms. The third-order valence-electron chi connectivity index (χ3n) is 3.78. The van der Waals surface area contributed by atoms with Gasteiger partial charge in [0.05, 0.1) is 19.8 Å². The van der Waals surface area contributed by atoms with Crippen LogP contribution < -0.4 is 19.5 Å². The van der Waals surface area contributed by atoms with E-state index >= 15 is 0 Å². The molecule has 2 aromatic carbocycles. The van der Waals surface area contributed by atoms with Gasteiger partial charge in [0.1, 0.15) is 12.4 Å². The number of halogens is 1. The Labute approximate surface area is 164 Å². The summed E-state index contributed by atoms with van der Waals surface area (Å²) in [5.41, 5.74) is 0.891. The van der Waals surface area contributed by atoms with Crippen molar-refractivity contribution in [3.63, 3.8) is 0 Å². The molecule has 0 aliphatic carbocycles. The molecule has 7 heteroatoms. The van der Waals surface area contributed by atoms with Crippen LogP contribution in [-0.2, 0) is 9.53 Å². The maximum absolute atomic E-state index is 12.1. The third kappa shape index (κ3) is 6.66. The Morgan fingerprint density at radius 3 is 2.59 bits per heavy atom. The fraction of sp³-hybridized carbons (Fsp3) is 0.350. The lowest BCUT2D eigenvalue weighted by Gasteiger charge is -2.17. The summed E-state index contributed by atoms with van der Waals surface area (Å²) >= 11 is 5.90. The summed E-state index contributed by atoms with van der Waals surface area (Å²) in [6, 6.07) is 12.2. The van der Waals surface area contributed by atoms with Crippen molar-refractivity contribution < 1.29 is 23.7 Å². The van der Waals surface area contributed by atoms with Crippen LogP contribution in [0.15, 0.2) is 42.5 Å². The summed E-state index contributed by atoms with van der Waals surface area (Å²) in [6.45, 7) is 2.71. The molecule has 146 valence electrons. The zero-order valence-electron chi connectivity index (χ0n) is 15.7. The lowest BCUT2D eigenvalue weighted by Crippen LogP contribution is -2.31. The highest BCUT2D eigenvalue weighted by Crippen LogP contribution is 2.30. The van der Waals surface area contributed by atoms with Crippen molar-refractivity contribution in [3.05, 3.63) is 53.1 Å². The van der Waals surface area contributed by atoms with Gasteiger partial charge in [0.2, 0.25) is 0 Å². The molecule has 1 atom stereocenters. The van der Waals surface area contributed by atoms with Crippen LogP contribution in [0, 0.1) is 0 Å². The highest BCUT2D eigenvalue weighted by atomic mass is 35.5. The Kier molecular flexibility index (Phi) is 8.23. The van der Waals surface area contributed by atoms with E-state index in [9.17, 15) is 4.79 Å². The van der Waals surface area contributed by atoms with Gasteiger partial charge in [-0.05, 0) is 42.8 Å². The number of hydrogen-bond acceptors (Lipinski definition) is 5. The van der Waals surface area contributed by atoms with E-state index in [1.165, 1.54) is 0 Å². The number of carbonyl (C=O) groups excluding carboxylic acids is 1. The maximum atomic E-state index is 12.1. The molecule has 2 aromatic rings. The molecular formula is C20H24ClNO5. The van der Waals surface area contributed by atoms with Crippen molar-refractivity contribution in [1.29, 1.82) is 0 Å². The molecule has 27 heavy (non-hydrogen) atoms. The van der Waals surface area contributed by atoms with Crippen LogP contribution in [0.4, 0.5) is 0 Å². The van der Waals surface area contributed by atoms with Crippen LogP contribution in [0.5, 0.6) is 17.2 Å². The summed E-state index contributed by atoms with van der Waals surface area (Å²) < 4.78 is 21.4. The molecule has 0 heterocycles. The van der Waals surface area contributed by atoms with Gasteiger partial charge in [-0.1, -0.05) is 23.7 Å². The Morgan fingerprint density at radius 1 is 1.07 bits per heavy atom. The third-order valence-corrected chi connectivity index (χ3v) is 4.01. The summed E-state index contributed by atoms with van der Waals surface area (Å²) in [7, 11) is 3.19. The number of amides is 1. The minimum Gasteiger partial charge on any atom is -0.493 e. The van der Waals surface area contributed by atoms with Crippen molar-refractivity contribution in [3.8, 4) is 17.2 Å². The Balaban J connectivity index is 1.92. The molecule has 6 nitrogen and oxygen atoms in total. The smallest absolute Gasteiger partial charge is 0.258 e. The van der Waals surface area contributed by atoms with Gasteiger partial charge in [-0.2, -0.15) is 0 Å². The van der Waals surface area contributed by atoms with Gasteiger partial charge in [0.15, 0.2) is 18.1 Å². The van der Waals surface area contributed by atoms with Crippen molar-refractivity contribution in [1.82, 2.24) is 5.32 Å². The van der Waals surface area contributed by atoms with Crippen LogP contribution in [-0.4, -0.2) is 39.9 Å². The molecule has 0 fully saturated rings. The van der Waals surface area contributed by atoms with Gasteiger partial charge >= 0.3 is 0 Å². The van der Waals surface area contributed by atoms with Gasteiger partial charge < -0.3 is 24.3 Å². The minimum absolute atomic E-state index is 0.0972. The standard InChI is InChI=1S/C20H24ClNO5/c1-14(22-20(23)13-27-17-6-4-5-16(21)12-17)15-7-8-18(19(11-15)25-3)26-10-9-24-2/h4-8,11-12,14H,9-10,13H2,1-3H3,(H,22,23). The molecule has 0 aliphatic rings. The zero-order valence-corrected chi connectivity index (χ0v) is 16.4. The Hall–Kier alpha value is -2.44. The van der Waals surface area contributed by atoms with E-state index in [2.05, 4.69) is 5.32 Å². The predicted octanol–water partition coefficient (Wildman–Crippen LogP) is 3.63. The molecule has 0 radical (unpaired) electrons. The van der Waals surface area contributed by atoms with Crippen LogP contribution in [0.2, 0.25) is 5.02 Å². The molecule has 0 saturated carbocycles. The van der Waals surface area contributed by atoms with Crippen molar-refractivity contribution in [2.45, 2.75) is 13.0 Å². The average molecular weight is 394 g/mol. The highest BCUT2D eigenvalue weighted by molar-refractivity contribution is 6.30. The van der Waals surface area contributed by atoms with Crippen molar-refractivity contribution in [2.24, 2.45) is 0 Å². The lowest BCUT2D eigenvalue weighted by molar-refractivity contribution is -0.123. The van der Waals surface area contributed by atoms with E-state index in [0.717, 1.165) is 5.56 Å². The molecule has 0 aromatic heterocycles. The van der Waals surface area contributed by atoms with Crippen molar-refractivity contribution >= 4 is 17.5 Å². The zero-order chi connectivity index (χ0) is 19.6. The first-order valence-electron chi connectivity index (χ1n) is 8.51. The van der Waals surface area contributed by atoms with Gasteiger partial charge in [-0.15, -0.1) is 0 Å². The summed E-state index contributed by atoms with van der Waals surface area (Å²) in [5, 5.41) is 3.45. The van der Waals surface area contributed by atoms with Gasteiger partial charge in [-0.25, -0.2) is 0 Å². The first-order valence-corrected chi connectivity index (χ1v) is 8.88. The molecule has 2 rings (SSSR count). The fourth-order valence-electron chi connectivity index (χ4n) is 2.38. The first kappa shape index (κ1) is 20.9. The lowest BCUT2D eigenvalue weighted by atomic mass is 10.1. The highest BCUT2D eigenvalue weighted by Gasteiger charge is 2.13. The van der Waals surface area contributed by atoms with Gasteiger partial charge in [-0.3, -0.25) is 4.79 Å². The summed E-state index contributed by atoms with van der Waals surface area (Å²) in [5.74, 6) is 1.53. The quantitative estimate of drug-likeness (QED) is 0.624. The number of nitrogens with one attached hydrogen (secondary N) is 1. The number of methoxy groups -OCH3 is 2. The average Bonchev–Trinajstić information content (AvgIpc) is 2.66. The van der Waals surface area contributed by atoms with E-state index in [-0.39, 0.29) is 18.6 Å². The number of ether oxygens (including phenoxy) is 4. The van der Waals surface area contributed by atoms with Crippen molar-refractivity contribution in [2.75, 3.05) is 34.0 Å². The SMILES string of the molecule is COCCOc1ccc(C(C)NC(=O)COc2cccc(Cl)c2)cc1OC. The van der Waals surface area contributed by atoms with Crippen LogP contribution in [0.1, 0.15) is 18.5 Å². The second-order valence-corrected chi connectivity index (χ2v) is 6.22. The van der Waals surface area contributed by atoms with Crippen LogP contribution in [0.25, 0.3) is 0 Å². The maximum Gasteiger partial charge on any atom is 0.258 e. The van der Waals surface area contributed by atoms with E-state index in [0.29, 0.717) is 35.5 Å². The van der Waals surface area contributed by atoms with E-state index in [1.807, 2.05) is 25.1 Å². The minimum atomic E-state index is -0.234. The Morgan fingerprint density at radius 2 is 1.89 bits per heavy atom. The summed E-state index contributed by atoms with van der Waals surface area (Å²) in [6.07, 6.45) is 0.